The van der Waals surface area contributed by atoms with Crippen molar-refractivity contribution in [3.05, 3.63) is 65.6 Å². The Bertz CT molecular complexity index is 1950. The Hall–Kier alpha value is -4.47. The molecular formula is C33H29ClF3N7O2. The van der Waals surface area contributed by atoms with Gasteiger partial charge in [0, 0.05) is 49.4 Å². The largest absolute Gasteiger partial charge is 0.462 e. The monoisotopic (exact) mass is 647 g/mol. The number of piperidine rings is 1. The van der Waals surface area contributed by atoms with Gasteiger partial charge in [0.1, 0.15) is 29.5 Å². The molecule has 0 spiro atoms. The molecule has 3 aliphatic rings. The Morgan fingerprint density at radius 2 is 2.02 bits per heavy atom. The molecule has 3 fully saturated rings. The number of benzene rings is 2. The van der Waals surface area contributed by atoms with Crippen LogP contribution in [0.5, 0.6) is 6.01 Å². The molecule has 46 heavy (non-hydrogen) atoms. The standard InChI is InChI=1S/C33H29ClF3N7O2/c1-17(35)32(45)44-11-10-43(15-20(44)8-9-38)31-23-13-39-29(21-5-3-4-18-6-7-24(36)27(34)26(18)21)28(37)30(23)40-33(41-31)46-16-25-22-12-19(22)14-42(25)2/h3-7,13,19-20,22,25H,1,8,10-12,14-16H2,2H3/t19-,20-,22-,25+/m0/s1. The molecule has 9 nitrogen and oxygen atoms in total. The first-order chi connectivity index (χ1) is 22.2. The second kappa shape index (κ2) is 11.7. The van der Waals surface area contributed by atoms with Crippen molar-refractivity contribution in [1.29, 1.82) is 5.26 Å². The topological polar surface area (TPSA) is 98.5 Å². The Morgan fingerprint density at radius 3 is 2.76 bits per heavy atom. The highest BCUT2D eigenvalue weighted by molar-refractivity contribution is 6.36. The number of aromatic nitrogens is 3. The highest BCUT2D eigenvalue weighted by Gasteiger charge is 2.51. The quantitative estimate of drug-likeness (QED) is 0.242. The molecule has 1 amide bonds. The average Bonchev–Trinajstić information content (AvgIpc) is 3.73. The second-order valence-corrected chi connectivity index (χ2v) is 12.5. The van der Waals surface area contributed by atoms with Crippen molar-refractivity contribution < 1.29 is 22.7 Å². The molecule has 0 unspecified atom stereocenters. The first kappa shape index (κ1) is 30.2. The zero-order valence-electron chi connectivity index (χ0n) is 24.9. The minimum Gasteiger partial charge on any atom is -0.462 e. The van der Waals surface area contributed by atoms with Gasteiger partial charge in [0.25, 0.3) is 5.91 Å². The number of hydrogen-bond donors (Lipinski definition) is 0. The van der Waals surface area contributed by atoms with Crippen molar-refractivity contribution in [2.75, 3.05) is 44.7 Å². The van der Waals surface area contributed by atoms with Crippen LogP contribution in [0.4, 0.5) is 19.0 Å². The minimum atomic E-state index is -1.11. The van der Waals surface area contributed by atoms with Gasteiger partial charge in [-0.3, -0.25) is 14.7 Å². The predicted octanol–water partition coefficient (Wildman–Crippen LogP) is 5.52. The zero-order chi connectivity index (χ0) is 32.3. The summed E-state index contributed by atoms with van der Waals surface area (Å²) >= 11 is 6.37. The molecule has 2 aromatic carbocycles. The highest BCUT2D eigenvalue weighted by Crippen LogP contribution is 2.49. The van der Waals surface area contributed by atoms with E-state index < -0.39 is 29.4 Å². The fourth-order valence-electron chi connectivity index (χ4n) is 6.97. The fraction of sp³-hybridized carbons (Fsp3) is 0.364. The molecule has 1 aliphatic carbocycles. The van der Waals surface area contributed by atoms with Gasteiger partial charge in [-0.1, -0.05) is 42.4 Å². The van der Waals surface area contributed by atoms with Crippen LogP contribution in [0.25, 0.3) is 32.9 Å². The lowest BCUT2D eigenvalue weighted by Gasteiger charge is -2.41. The first-order valence-electron chi connectivity index (χ1n) is 15.0. The Balaban J connectivity index is 1.33. The zero-order valence-corrected chi connectivity index (χ0v) is 25.6. The third-order valence-corrected chi connectivity index (χ3v) is 9.75. The van der Waals surface area contributed by atoms with Crippen LogP contribution in [0.3, 0.4) is 0 Å². The van der Waals surface area contributed by atoms with Crippen molar-refractivity contribution in [1.82, 2.24) is 24.8 Å². The van der Waals surface area contributed by atoms with E-state index in [2.05, 4.69) is 32.5 Å². The van der Waals surface area contributed by atoms with E-state index in [0.717, 1.165) is 13.0 Å². The van der Waals surface area contributed by atoms with Crippen LogP contribution in [0, 0.1) is 34.8 Å². The summed E-state index contributed by atoms with van der Waals surface area (Å²) in [6.07, 6.45) is 2.53. The number of anilines is 1. The number of halogens is 4. The number of piperazine rings is 1. The maximum absolute atomic E-state index is 16.6. The summed E-state index contributed by atoms with van der Waals surface area (Å²) in [7, 11) is 2.05. The molecule has 1 saturated carbocycles. The number of amides is 1. The van der Waals surface area contributed by atoms with E-state index in [9.17, 15) is 18.8 Å². The van der Waals surface area contributed by atoms with Gasteiger partial charge in [0.15, 0.2) is 11.6 Å². The van der Waals surface area contributed by atoms with Crippen LogP contribution in [0.2, 0.25) is 5.02 Å². The normalized spacial score (nSPS) is 22.6. The van der Waals surface area contributed by atoms with Crippen LogP contribution >= 0.6 is 11.6 Å². The number of pyridine rings is 1. The molecule has 4 atom stereocenters. The van der Waals surface area contributed by atoms with Crippen LogP contribution in [0.15, 0.2) is 48.9 Å². The van der Waals surface area contributed by atoms with Gasteiger partial charge in [0.05, 0.1) is 28.9 Å². The van der Waals surface area contributed by atoms with Gasteiger partial charge in [-0.05, 0) is 36.8 Å². The fourth-order valence-corrected chi connectivity index (χ4v) is 7.24. The molecule has 0 radical (unpaired) electrons. The van der Waals surface area contributed by atoms with Crippen LogP contribution in [-0.2, 0) is 4.79 Å². The number of hydrogen-bond acceptors (Lipinski definition) is 8. The molecule has 0 N–H and O–H groups in total. The van der Waals surface area contributed by atoms with E-state index >= 15 is 4.39 Å². The second-order valence-electron chi connectivity index (χ2n) is 12.1. The number of likely N-dealkylation sites (tertiary alicyclic amines) is 1. The molecule has 7 rings (SSSR count). The first-order valence-corrected chi connectivity index (χ1v) is 15.4. The van der Waals surface area contributed by atoms with Gasteiger partial charge < -0.3 is 14.5 Å². The molecule has 236 valence electrons. The Labute approximate surface area is 267 Å². The lowest BCUT2D eigenvalue weighted by atomic mass is 10.0. The Kier molecular flexibility index (Phi) is 7.69. The van der Waals surface area contributed by atoms with Gasteiger partial charge in [-0.2, -0.15) is 15.2 Å². The number of nitrogens with zero attached hydrogens (tertiary/aromatic N) is 7. The molecule has 13 heteroatoms. The number of fused-ring (bicyclic) bond motifs is 3. The van der Waals surface area contributed by atoms with Crippen molar-refractivity contribution in [2.24, 2.45) is 11.8 Å². The average molecular weight is 648 g/mol. The maximum atomic E-state index is 16.6. The summed E-state index contributed by atoms with van der Waals surface area (Å²) in [4.78, 5) is 31.5. The number of carbonyl (C=O) groups is 1. The van der Waals surface area contributed by atoms with E-state index in [4.69, 9.17) is 16.3 Å². The van der Waals surface area contributed by atoms with Gasteiger partial charge in [-0.15, -0.1) is 0 Å². The molecule has 4 heterocycles. The maximum Gasteiger partial charge on any atom is 0.319 e. The Morgan fingerprint density at radius 1 is 1.20 bits per heavy atom. The predicted molar refractivity (Wildman–Crippen MR) is 167 cm³/mol. The number of nitriles is 1. The summed E-state index contributed by atoms with van der Waals surface area (Å²) in [5, 5.41) is 10.5. The summed E-state index contributed by atoms with van der Waals surface area (Å²) < 4.78 is 51.1. The van der Waals surface area contributed by atoms with Gasteiger partial charge in [0.2, 0.25) is 0 Å². The third kappa shape index (κ3) is 5.17. The number of ether oxygens (including phenoxy) is 1. The van der Waals surface area contributed by atoms with E-state index in [-0.39, 0.29) is 59.7 Å². The molecule has 2 aliphatic heterocycles. The van der Waals surface area contributed by atoms with Crippen LogP contribution in [0.1, 0.15) is 12.8 Å². The van der Waals surface area contributed by atoms with Crippen molar-refractivity contribution in [3.63, 3.8) is 0 Å². The van der Waals surface area contributed by atoms with Crippen molar-refractivity contribution in [2.45, 2.75) is 24.9 Å². The summed E-state index contributed by atoms with van der Waals surface area (Å²) in [5.74, 6) is -1.89. The summed E-state index contributed by atoms with van der Waals surface area (Å²) in [5.41, 5.74) is 0.159. The molecule has 4 aromatic rings. The van der Waals surface area contributed by atoms with E-state index in [1.54, 1.807) is 29.2 Å². The SMILES string of the molecule is C=C(F)C(=O)N1CCN(c2nc(OC[C@@H]3[C@H]4C[C@H]4CN3C)nc3c(F)c(-c4cccc5ccc(F)c(Cl)c45)ncc23)C[C@@H]1CC#N. The van der Waals surface area contributed by atoms with Crippen molar-refractivity contribution >= 4 is 45.0 Å². The van der Waals surface area contributed by atoms with Gasteiger partial charge in [-0.25, -0.2) is 13.2 Å². The smallest absolute Gasteiger partial charge is 0.319 e. The highest BCUT2D eigenvalue weighted by atomic mass is 35.5. The summed E-state index contributed by atoms with van der Waals surface area (Å²) in [6.45, 7) is 4.85. The van der Waals surface area contributed by atoms with Crippen LogP contribution in [-0.4, -0.2) is 82.6 Å². The number of likely N-dealkylation sites (N-methyl/N-ethyl adjacent to an activating group) is 1. The lowest BCUT2D eigenvalue weighted by molar-refractivity contribution is -0.131. The molecule has 0 bridgehead atoms. The molecule has 2 saturated heterocycles. The number of carbonyl (C=O) groups excluding carboxylic acids is 1. The van der Waals surface area contributed by atoms with E-state index in [1.165, 1.54) is 17.2 Å². The third-order valence-electron chi connectivity index (χ3n) is 9.38. The minimum absolute atomic E-state index is 0.0366. The lowest BCUT2D eigenvalue weighted by Crippen LogP contribution is -2.55. The molecule has 2 aromatic heterocycles. The molecular weight excluding hydrogens is 619 g/mol. The van der Waals surface area contributed by atoms with E-state index in [0.29, 0.717) is 40.6 Å². The van der Waals surface area contributed by atoms with E-state index in [1.807, 2.05) is 7.05 Å². The van der Waals surface area contributed by atoms with Gasteiger partial charge >= 0.3 is 6.01 Å². The van der Waals surface area contributed by atoms with Crippen LogP contribution < -0.4 is 9.64 Å². The number of rotatable bonds is 7. The van der Waals surface area contributed by atoms with Crippen molar-refractivity contribution in [3.8, 4) is 23.3 Å². The summed E-state index contributed by atoms with van der Waals surface area (Å²) in [6, 6.07) is 9.43.